The highest BCUT2D eigenvalue weighted by Crippen LogP contribution is 2.30. The van der Waals surface area contributed by atoms with Crippen LogP contribution in [0.25, 0.3) is 0 Å². The van der Waals surface area contributed by atoms with Gasteiger partial charge in [-0.2, -0.15) is 0 Å². The molecule has 0 bridgehead atoms. The predicted octanol–water partition coefficient (Wildman–Crippen LogP) is 3.55. The SMILES string of the molecule is CCC(CC)(CNC(=NC)NCCCCn1ccccc1=O)c1ccccc1. The Labute approximate surface area is 168 Å². The summed E-state index contributed by atoms with van der Waals surface area (Å²) in [6.45, 7) is 6.93. The summed E-state index contributed by atoms with van der Waals surface area (Å²) in [6, 6.07) is 16.0. The van der Waals surface area contributed by atoms with E-state index in [1.165, 1.54) is 5.56 Å². The lowest BCUT2D eigenvalue weighted by atomic mass is 9.76. The standard InChI is InChI=1S/C23H34N4O/c1-4-23(5-2,20-13-7-6-8-14-20)19-26-22(24-3)25-16-10-12-18-27-17-11-9-15-21(27)28/h6-9,11,13-15,17H,4-5,10,12,16,18-19H2,1-3H3,(H2,24,25,26). The molecule has 5 heteroatoms. The van der Waals surface area contributed by atoms with Crippen molar-refractivity contribution in [2.24, 2.45) is 4.99 Å². The molecule has 1 heterocycles. The molecule has 5 nitrogen and oxygen atoms in total. The van der Waals surface area contributed by atoms with Crippen LogP contribution in [-0.4, -0.2) is 30.7 Å². The minimum absolute atomic E-state index is 0.0596. The Morgan fingerprint density at radius 1 is 1.00 bits per heavy atom. The number of aromatic nitrogens is 1. The van der Waals surface area contributed by atoms with Crippen LogP contribution >= 0.6 is 0 Å². The first-order valence-corrected chi connectivity index (χ1v) is 10.3. The first kappa shape index (κ1) is 21.7. The zero-order valence-corrected chi connectivity index (χ0v) is 17.4. The van der Waals surface area contributed by atoms with Crippen LogP contribution in [0.1, 0.15) is 45.1 Å². The van der Waals surface area contributed by atoms with Gasteiger partial charge in [-0.25, -0.2) is 0 Å². The van der Waals surface area contributed by atoms with E-state index in [1.54, 1.807) is 23.7 Å². The molecular weight excluding hydrogens is 348 g/mol. The molecule has 0 aliphatic carbocycles. The molecule has 0 spiro atoms. The van der Waals surface area contributed by atoms with Gasteiger partial charge in [0.2, 0.25) is 5.56 Å². The second-order valence-electron chi connectivity index (χ2n) is 7.15. The third-order valence-electron chi connectivity index (χ3n) is 5.57. The molecule has 0 saturated carbocycles. The maximum atomic E-state index is 11.7. The fourth-order valence-corrected chi connectivity index (χ4v) is 3.53. The van der Waals surface area contributed by atoms with Crippen molar-refractivity contribution in [3.05, 3.63) is 70.6 Å². The van der Waals surface area contributed by atoms with E-state index >= 15 is 0 Å². The fourth-order valence-electron chi connectivity index (χ4n) is 3.53. The van der Waals surface area contributed by atoms with Gasteiger partial charge in [0.25, 0.3) is 0 Å². The highest BCUT2D eigenvalue weighted by molar-refractivity contribution is 5.79. The van der Waals surface area contributed by atoms with E-state index in [4.69, 9.17) is 0 Å². The Hall–Kier alpha value is -2.56. The van der Waals surface area contributed by atoms with Gasteiger partial charge in [0.15, 0.2) is 5.96 Å². The number of rotatable bonds is 10. The average Bonchev–Trinajstić information content (AvgIpc) is 2.75. The van der Waals surface area contributed by atoms with Gasteiger partial charge in [-0.3, -0.25) is 9.79 Å². The molecule has 0 radical (unpaired) electrons. The molecule has 2 aromatic rings. The van der Waals surface area contributed by atoms with Crippen LogP contribution in [0.4, 0.5) is 0 Å². The predicted molar refractivity (Wildman–Crippen MR) is 118 cm³/mol. The number of hydrogen-bond acceptors (Lipinski definition) is 2. The summed E-state index contributed by atoms with van der Waals surface area (Å²) in [4.78, 5) is 16.1. The van der Waals surface area contributed by atoms with Crippen LogP contribution in [-0.2, 0) is 12.0 Å². The number of aliphatic imine (C=N–C) groups is 1. The number of nitrogens with zero attached hydrogens (tertiary/aromatic N) is 2. The molecule has 2 N–H and O–H groups in total. The second kappa shape index (κ2) is 11.3. The van der Waals surface area contributed by atoms with Gasteiger partial charge in [-0.1, -0.05) is 50.2 Å². The van der Waals surface area contributed by atoms with Gasteiger partial charge in [0.05, 0.1) is 0 Å². The lowest BCUT2D eigenvalue weighted by Crippen LogP contribution is -2.45. The molecule has 0 saturated heterocycles. The molecule has 0 amide bonds. The van der Waals surface area contributed by atoms with Crippen LogP contribution in [0.15, 0.2) is 64.5 Å². The quantitative estimate of drug-likeness (QED) is 0.375. The third-order valence-corrected chi connectivity index (χ3v) is 5.57. The van der Waals surface area contributed by atoms with Crippen molar-refractivity contribution in [2.75, 3.05) is 20.1 Å². The molecular formula is C23H34N4O. The van der Waals surface area contributed by atoms with Gasteiger partial charge in [-0.05, 0) is 37.3 Å². The zero-order valence-electron chi connectivity index (χ0n) is 17.4. The Balaban J connectivity index is 1.80. The van der Waals surface area contributed by atoms with E-state index in [0.29, 0.717) is 0 Å². The summed E-state index contributed by atoms with van der Waals surface area (Å²) >= 11 is 0. The van der Waals surface area contributed by atoms with Crippen molar-refractivity contribution in [1.82, 2.24) is 15.2 Å². The maximum absolute atomic E-state index is 11.7. The third kappa shape index (κ3) is 5.98. The summed E-state index contributed by atoms with van der Waals surface area (Å²) in [7, 11) is 1.81. The number of aryl methyl sites for hydroxylation is 1. The monoisotopic (exact) mass is 382 g/mol. The van der Waals surface area contributed by atoms with Gasteiger partial charge in [-0.15, -0.1) is 0 Å². The second-order valence-corrected chi connectivity index (χ2v) is 7.15. The molecule has 0 unspecified atom stereocenters. The highest BCUT2D eigenvalue weighted by Gasteiger charge is 2.28. The molecule has 2 rings (SSSR count). The van der Waals surface area contributed by atoms with Crippen molar-refractivity contribution in [3.8, 4) is 0 Å². The molecule has 0 fully saturated rings. The minimum Gasteiger partial charge on any atom is -0.356 e. The van der Waals surface area contributed by atoms with Crippen molar-refractivity contribution in [1.29, 1.82) is 0 Å². The Morgan fingerprint density at radius 3 is 2.36 bits per heavy atom. The molecule has 0 aliphatic heterocycles. The molecule has 1 aromatic carbocycles. The first-order chi connectivity index (χ1) is 13.6. The van der Waals surface area contributed by atoms with E-state index in [9.17, 15) is 4.79 Å². The summed E-state index contributed by atoms with van der Waals surface area (Å²) in [5.41, 5.74) is 1.54. The van der Waals surface area contributed by atoms with Crippen molar-refractivity contribution in [2.45, 2.75) is 51.5 Å². The first-order valence-electron chi connectivity index (χ1n) is 10.3. The molecule has 28 heavy (non-hydrogen) atoms. The molecule has 0 atom stereocenters. The Kier molecular flexibility index (Phi) is 8.79. The van der Waals surface area contributed by atoms with Gasteiger partial charge in [0, 0.05) is 44.4 Å². The topological polar surface area (TPSA) is 58.4 Å². The van der Waals surface area contributed by atoms with Crippen LogP contribution in [0, 0.1) is 0 Å². The number of nitrogens with one attached hydrogen (secondary N) is 2. The van der Waals surface area contributed by atoms with Gasteiger partial charge < -0.3 is 15.2 Å². The van der Waals surface area contributed by atoms with Gasteiger partial charge >= 0.3 is 0 Å². The van der Waals surface area contributed by atoms with E-state index in [2.05, 4.69) is 59.8 Å². The van der Waals surface area contributed by atoms with Crippen LogP contribution < -0.4 is 16.2 Å². The summed E-state index contributed by atoms with van der Waals surface area (Å²) in [5, 5.41) is 6.91. The van der Waals surface area contributed by atoms with E-state index < -0.39 is 0 Å². The van der Waals surface area contributed by atoms with Crippen molar-refractivity contribution < 1.29 is 0 Å². The lowest BCUT2D eigenvalue weighted by molar-refractivity contribution is 0.389. The van der Waals surface area contributed by atoms with Crippen LogP contribution in [0.2, 0.25) is 0 Å². The van der Waals surface area contributed by atoms with E-state index in [1.807, 2.05) is 12.3 Å². The smallest absolute Gasteiger partial charge is 0.250 e. The van der Waals surface area contributed by atoms with Crippen LogP contribution in [0.3, 0.4) is 0 Å². The summed E-state index contributed by atoms with van der Waals surface area (Å²) < 4.78 is 1.75. The maximum Gasteiger partial charge on any atom is 0.250 e. The average molecular weight is 383 g/mol. The number of guanidine groups is 1. The molecule has 0 aliphatic rings. The minimum atomic E-state index is 0.0596. The Morgan fingerprint density at radius 2 is 1.71 bits per heavy atom. The Bertz CT molecular complexity index is 778. The van der Waals surface area contributed by atoms with Crippen molar-refractivity contribution >= 4 is 5.96 Å². The van der Waals surface area contributed by atoms with E-state index in [-0.39, 0.29) is 11.0 Å². The number of pyridine rings is 1. The summed E-state index contributed by atoms with van der Waals surface area (Å²) in [6.07, 6.45) is 5.92. The molecule has 1 aromatic heterocycles. The fraction of sp³-hybridized carbons (Fsp3) is 0.478. The normalized spacial score (nSPS) is 12.0. The number of benzene rings is 1. The highest BCUT2D eigenvalue weighted by atomic mass is 16.1. The summed E-state index contributed by atoms with van der Waals surface area (Å²) in [5.74, 6) is 0.832. The van der Waals surface area contributed by atoms with Gasteiger partial charge in [0.1, 0.15) is 0 Å². The van der Waals surface area contributed by atoms with Crippen LogP contribution in [0.5, 0.6) is 0 Å². The molecule has 152 valence electrons. The zero-order chi connectivity index (χ0) is 20.2. The number of hydrogen-bond donors (Lipinski definition) is 2. The largest absolute Gasteiger partial charge is 0.356 e. The van der Waals surface area contributed by atoms with Crippen molar-refractivity contribution in [3.63, 3.8) is 0 Å². The lowest BCUT2D eigenvalue weighted by Gasteiger charge is -2.33. The number of unbranched alkanes of at least 4 members (excludes halogenated alkanes) is 1. The van der Waals surface area contributed by atoms with E-state index in [0.717, 1.165) is 51.3 Å².